The number of aryl methyl sites for hydroxylation is 1. The van der Waals surface area contributed by atoms with Gasteiger partial charge in [-0.25, -0.2) is 4.98 Å². The summed E-state index contributed by atoms with van der Waals surface area (Å²) in [5.41, 5.74) is 8.56. The van der Waals surface area contributed by atoms with Crippen molar-refractivity contribution in [1.82, 2.24) is 20.2 Å². The molecular weight excluding hydrogens is 484 g/mol. The molecule has 0 fully saturated rings. The molecule has 1 atom stereocenters. The van der Waals surface area contributed by atoms with Crippen LogP contribution in [0.15, 0.2) is 47.4 Å². The van der Waals surface area contributed by atoms with Crippen molar-refractivity contribution in [3.63, 3.8) is 0 Å². The third-order valence-electron chi connectivity index (χ3n) is 6.00. The lowest BCUT2D eigenvalue weighted by Gasteiger charge is -2.17. The molecule has 0 bridgehead atoms. The average molecular weight is 521 g/mol. The molecule has 0 aliphatic carbocycles. The zero-order chi connectivity index (χ0) is 28.0. The Labute approximate surface area is 222 Å². The van der Waals surface area contributed by atoms with Crippen molar-refractivity contribution >= 4 is 23.3 Å². The second-order valence-electron chi connectivity index (χ2n) is 9.72. The number of amides is 2. The van der Waals surface area contributed by atoms with Gasteiger partial charge in [-0.15, -0.1) is 0 Å². The van der Waals surface area contributed by atoms with Crippen molar-refractivity contribution in [2.45, 2.75) is 66.2 Å². The number of carbonyl (C=O) groups is 2. The summed E-state index contributed by atoms with van der Waals surface area (Å²) in [6.07, 6.45) is 2.25. The average Bonchev–Trinajstić information content (AvgIpc) is 2.85. The summed E-state index contributed by atoms with van der Waals surface area (Å²) in [7, 11) is 0. The van der Waals surface area contributed by atoms with E-state index >= 15 is 0 Å². The summed E-state index contributed by atoms with van der Waals surface area (Å²) in [6, 6.07) is 9.92. The maximum Gasteiger partial charge on any atom is 0.294 e. The van der Waals surface area contributed by atoms with E-state index in [0.717, 1.165) is 12.0 Å². The summed E-state index contributed by atoms with van der Waals surface area (Å²) in [6.45, 7) is 9.27. The van der Waals surface area contributed by atoms with E-state index in [-0.39, 0.29) is 42.6 Å². The first kappa shape index (κ1) is 28.2. The fraction of sp³-hybridized carbons (Fsp3) is 0.357. The molecule has 10 heteroatoms. The SMILES string of the molecule is CC[C@H](C)NC(=O)c1cc(N)cc(-c2cnc(NC(C)C)c(=O)n2CC(=O)NCc2ccc(C)cc2O)c1. The predicted octanol–water partition coefficient (Wildman–Crippen LogP) is 3.17. The van der Waals surface area contributed by atoms with E-state index in [1.54, 1.807) is 30.3 Å². The molecule has 1 aromatic heterocycles. The number of benzene rings is 2. The Bertz CT molecular complexity index is 1380. The van der Waals surface area contributed by atoms with E-state index in [4.69, 9.17) is 5.73 Å². The van der Waals surface area contributed by atoms with Crippen LogP contribution in [0.4, 0.5) is 11.5 Å². The number of aromatic nitrogens is 2. The predicted molar refractivity (Wildman–Crippen MR) is 149 cm³/mol. The van der Waals surface area contributed by atoms with E-state index in [2.05, 4.69) is 20.9 Å². The van der Waals surface area contributed by atoms with E-state index in [1.807, 2.05) is 40.7 Å². The van der Waals surface area contributed by atoms with Crippen molar-refractivity contribution < 1.29 is 14.7 Å². The van der Waals surface area contributed by atoms with Crippen LogP contribution in [0.5, 0.6) is 5.75 Å². The minimum absolute atomic E-state index is 0.0229. The number of rotatable bonds is 10. The molecule has 202 valence electrons. The maximum absolute atomic E-state index is 13.4. The van der Waals surface area contributed by atoms with Crippen LogP contribution in [0, 0.1) is 6.92 Å². The first-order valence-corrected chi connectivity index (χ1v) is 12.6. The molecule has 38 heavy (non-hydrogen) atoms. The molecule has 10 nitrogen and oxygen atoms in total. The number of aromatic hydroxyl groups is 1. The second kappa shape index (κ2) is 12.3. The van der Waals surface area contributed by atoms with Gasteiger partial charge in [-0.2, -0.15) is 0 Å². The Morgan fingerprint density at radius 3 is 2.53 bits per heavy atom. The highest BCUT2D eigenvalue weighted by atomic mass is 16.3. The molecule has 0 aliphatic rings. The molecule has 2 amide bonds. The first-order chi connectivity index (χ1) is 18.0. The molecule has 0 spiro atoms. The van der Waals surface area contributed by atoms with Crippen LogP contribution in [-0.4, -0.2) is 38.6 Å². The molecule has 1 heterocycles. The number of nitrogens with zero attached hydrogens (tertiary/aromatic N) is 2. The van der Waals surface area contributed by atoms with Gasteiger partial charge in [-0.05, 0) is 63.9 Å². The van der Waals surface area contributed by atoms with Crippen LogP contribution in [0.3, 0.4) is 0 Å². The summed E-state index contributed by atoms with van der Waals surface area (Å²) in [5.74, 6) is -0.540. The summed E-state index contributed by atoms with van der Waals surface area (Å²) in [5, 5.41) is 18.8. The fourth-order valence-corrected chi connectivity index (χ4v) is 3.80. The highest BCUT2D eigenvalue weighted by molar-refractivity contribution is 5.96. The van der Waals surface area contributed by atoms with Crippen molar-refractivity contribution in [1.29, 1.82) is 0 Å². The molecule has 0 saturated carbocycles. The smallest absolute Gasteiger partial charge is 0.294 e. The van der Waals surface area contributed by atoms with Crippen molar-refractivity contribution in [3.8, 4) is 17.0 Å². The first-order valence-electron chi connectivity index (χ1n) is 12.6. The van der Waals surface area contributed by atoms with Gasteiger partial charge in [-0.1, -0.05) is 19.1 Å². The van der Waals surface area contributed by atoms with Crippen LogP contribution in [0.1, 0.15) is 55.6 Å². The van der Waals surface area contributed by atoms with Crippen LogP contribution in [-0.2, 0) is 17.9 Å². The Hall–Kier alpha value is -4.34. The molecule has 0 unspecified atom stereocenters. The Kier molecular flexibility index (Phi) is 9.11. The standard InChI is InChI=1S/C28H36N6O4/c1-6-18(5)33-27(37)21-10-20(11-22(29)12-21)23-14-31-26(32-16(2)3)28(38)34(23)15-25(36)30-13-19-8-7-17(4)9-24(19)35/h7-12,14,16,18,35H,6,13,15,29H2,1-5H3,(H,30,36)(H,31,32)(H,33,37)/t18-/m0/s1. The monoisotopic (exact) mass is 520 g/mol. The summed E-state index contributed by atoms with van der Waals surface area (Å²) < 4.78 is 1.30. The van der Waals surface area contributed by atoms with Crippen molar-refractivity contribution in [2.75, 3.05) is 11.1 Å². The molecule has 3 aromatic rings. The molecule has 3 rings (SSSR count). The third-order valence-corrected chi connectivity index (χ3v) is 6.00. The van der Waals surface area contributed by atoms with Crippen LogP contribution >= 0.6 is 0 Å². The highest BCUT2D eigenvalue weighted by Crippen LogP contribution is 2.24. The normalized spacial score (nSPS) is 11.7. The minimum Gasteiger partial charge on any atom is -0.508 e. The van der Waals surface area contributed by atoms with Gasteiger partial charge in [-0.3, -0.25) is 19.0 Å². The van der Waals surface area contributed by atoms with Gasteiger partial charge in [0.05, 0.1) is 11.9 Å². The van der Waals surface area contributed by atoms with Crippen LogP contribution < -0.4 is 27.2 Å². The highest BCUT2D eigenvalue weighted by Gasteiger charge is 2.18. The van der Waals surface area contributed by atoms with Gasteiger partial charge in [0.1, 0.15) is 12.3 Å². The lowest BCUT2D eigenvalue weighted by molar-refractivity contribution is -0.121. The number of hydrogen-bond acceptors (Lipinski definition) is 7. The molecule has 0 saturated heterocycles. The van der Waals surface area contributed by atoms with Gasteiger partial charge in [0.15, 0.2) is 5.82 Å². The molecule has 0 aliphatic heterocycles. The third kappa shape index (κ3) is 7.12. The molecule has 2 aromatic carbocycles. The van der Waals surface area contributed by atoms with Gasteiger partial charge >= 0.3 is 0 Å². The van der Waals surface area contributed by atoms with Crippen molar-refractivity contribution in [2.24, 2.45) is 0 Å². The minimum atomic E-state index is -0.488. The van der Waals surface area contributed by atoms with E-state index in [0.29, 0.717) is 28.1 Å². The lowest BCUT2D eigenvalue weighted by atomic mass is 10.1. The molecular formula is C28H36N6O4. The van der Waals surface area contributed by atoms with Crippen LogP contribution in [0.25, 0.3) is 11.3 Å². The maximum atomic E-state index is 13.4. The number of anilines is 2. The van der Waals surface area contributed by atoms with Crippen LogP contribution in [0.2, 0.25) is 0 Å². The Balaban J connectivity index is 1.97. The number of carbonyl (C=O) groups excluding carboxylic acids is 2. The number of phenols is 1. The number of nitrogens with two attached hydrogens (primary N) is 1. The second-order valence-corrected chi connectivity index (χ2v) is 9.72. The van der Waals surface area contributed by atoms with E-state index in [1.165, 1.54) is 10.8 Å². The van der Waals surface area contributed by atoms with E-state index < -0.39 is 11.5 Å². The molecule has 6 N–H and O–H groups in total. The van der Waals surface area contributed by atoms with Gasteiger partial charge in [0.2, 0.25) is 5.91 Å². The quantitative estimate of drug-likeness (QED) is 0.258. The zero-order valence-electron chi connectivity index (χ0n) is 22.5. The summed E-state index contributed by atoms with van der Waals surface area (Å²) in [4.78, 5) is 43.4. The van der Waals surface area contributed by atoms with Gasteiger partial charge in [0.25, 0.3) is 11.5 Å². The molecule has 0 radical (unpaired) electrons. The Morgan fingerprint density at radius 2 is 1.87 bits per heavy atom. The zero-order valence-corrected chi connectivity index (χ0v) is 22.5. The number of hydrogen-bond donors (Lipinski definition) is 5. The Morgan fingerprint density at radius 1 is 1.13 bits per heavy atom. The number of nitrogens with one attached hydrogen (secondary N) is 3. The van der Waals surface area contributed by atoms with Gasteiger partial charge < -0.3 is 26.8 Å². The van der Waals surface area contributed by atoms with Gasteiger partial charge in [0, 0.05) is 41.0 Å². The largest absolute Gasteiger partial charge is 0.508 e. The lowest BCUT2D eigenvalue weighted by Crippen LogP contribution is -2.35. The topological polar surface area (TPSA) is 151 Å². The summed E-state index contributed by atoms with van der Waals surface area (Å²) >= 11 is 0. The van der Waals surface area contributed by atoms with E-state index in [9.17, 15) is 19.5 Å². The number of nitrogen functional groups attached to an aromatic ring is 1. The number of phenolic OH excluding ortho intramolecular Hbond substituents is 1. The fourth-order valence-electron chi connectivity index (χ4n) is 3.80. The van der Waals surface area contributed by atoms with Crippen molar-refractivity contribution in [3.05, 3.63) is 69.6 Å².